The summed E-state index contributed by atoms with van der Waals surface area (Å²) in [5.74, 6) is -6.66. The molecule has 34 heavy (non-hydrogen) atoms. The summed E-state index contributed by atoms with van der Waals surface area (Å²) in [7, 11) is 0. The normalized spacial score (nSPS) is 14.4. The van der Waals surface area contributed by atoms with E-state index in [0.29, 0.717) is 19.4 Å². The number of hydrogen-bond acceptors (Lipinski definition) is 8. The van der Waals surface area contributed by atoms with Crippen LogP contribution in [-0.4, -0.2) is 76.5 Å². The highest BCUT2D eigenvalue weighted by atomic mass is 16.4. The van der Waals surface area contributed by atoms with Crippen molar-refractivity contribution in [2.45, 2.75) is 76.5 Å². The molecule has 0 aromatic carbocycles. The number of hydrogen-bond donors (Lipinski definition) is 8. The summed E-state index contributed by atoms with van der Waals surface area (Å²) in [5, 5.41) is 25.2. The largest absolute Gasteiger partial charge is 0.481 e. The predicted octanol–water partition coefficient (Wildman–Crippen LogP) is -2.62. The van der Waals surface area contributed by atoms with Crippen LogP contribution in [0.15, 0.2) is 0 Å². The fourth-order valence-electron chi connectivity index (χ4n) is 2.90. The van der Waals surface area contributed by atoms with Gasteiger partial charge in [0.2, 0.25) is 23.6 Å². The Morgan fingerprint density at radius 3 is 1.85 bits per heavy atom. The van der Waals surface area contributed by atoms with Gasteiger partial charge < -0.3 is 43.4 Å². The van der Waals surface area contributed by atoms with Crippen molar-refractivity contribution in [1.82, 2.24) is 16.0 Å². The molecular formula is C20H36N6O8. The van der Waals surface area contributed by atoms with Gasteiger partial charge in [-0.05, 0) is 31.7 Å². The van der Waals surface area contributed by atoms with Crippen molar-refractivity contribution in [3.8, 4) is 0 Å². The van der Waals surface area contributed by atoms with E-state index in [0.717, 1.165) is 0 Å². The molecule has 4 unspecified atom stereocenters. The maximum atomic E-state index is 12.8. The van der Waals surface area contributed by atoms with Gasteiger partial charge in [-0.25, -0.2) is 4.79 Å². The Labute approximate surface area is 197 Å². The Hall–Kier alpha value is -3.26. The van der Waals surface area contributed by atoms with E-state index in [9.17, 15) is 33.9 Å². The molecule has 0 bridgehead atoms. The number of rotatable bonds is 17. The second kappa shape index (κ2) is 15.6. The molecule has 0 aromatic rings. The monoisotopic (exact) mass is 488 g/mol. The van der Waals surface area contributed by atoms with Gasteiger partial charge in [-0.15, -0.1) is 0 Å². The van der Waals surface area contributed by atoms with Crippen molar-refractivity contribution >= 4 is 35.6 Å². The summed E-state index contributed by atoms with van der Waals surface area (Å²) >= 11 is 0. The first-order valence-corrected chi connectivity index (χ1v) is 10.9. The summed E-state index contributed by atoms with van der Waals surface area (Å²) in [5.41, 5.74) is 16.3. The Balaban J connectivity index is 5.50. The van der Waals surface area contributed by atoms with Gasteiger partial charge in [0.25, 0.3) is 0 Å². The van der Waals surface area contributed by atoms with E-state index in [4.69, 9.17) is 22.3 Å². The molecule has 0 saturated carbocycles. The van der Waals surface area contributed by atoms with Crippen LogP contribution in [0.1, 0.15) is 52.4 Å². The summed E-state index contributed by atoms with van der Waals surface area (Å²) in [4.78, 5) is 71.5. The highest BCUT2D eigenvalue weighted by molar-refractivity contribution is 5.95. The predicted molar refractivity (Wildman–Crippen MR) is 120 cm³/mol. The lowest BCUT2D eigenvalue weighted by molar-refractivity contribution is -0.144. The van der Waals surface area contributed by atoms with E-state index in [2.05, 4.69) is 16.0 Å². The lowest BCUT2D eigenvalue weighted by Gasteiger charge is -2.25. The molecule has 194 valence electrons. The Morgan fingerprint density at radius 1 is 0.824 bits per heavy atom. The number of carboxylic acids is 2. The van der Waals surface area contributed by atoms with E-state index in [1.54, 1.807) is 13.8 Å². The van der Waals surface area contributed by atoms with Gasteiger partial charge in [0.05, 0.1) is 12.5 Å². The zero-order chi connectivity index (χ0) is 26.4. The molecule has 0 radical (unpaired) electrons. The van der Waals surface area contributed by atoms with Crippen molar-refractivity contribution in [3.63, 3.8) is 0 Å². The third-order valence-electron chi connectivity index (χ3n) is 4.86. The molecular weight excluding hydrogens is 452 g/mol. The number of aliphatic carboxylic acids is 2. The van der Waals surface area contributed by atoms with Crippen LogP contribution >= 0.6 is 0 Å². The molecule has 0 rings (SSSR count). The zero-order valence-corrected chi connectivity index (χ0v) is 19.4. The highest BCUT2D eigenvalue weighted by Gasteiger charge is 2.32. The van der Waals surface area contributed by atoms with Gasteiger partial charge in [-0.3, -0.25) is 24.0 Å². The smallest absolute Gasteiger partial charge is 0.326 e. The van der Waals surface area contributed by atoms with Gasteiger partial charge in [-0.1, -0.05) is 20.3 Å². The van der Waals surface area contributed by atoms with Crippen molar-refractivity contribution in [2.75, 3.05) is 6.54 Å². The maximum Gasteiger partial charge on any atom is 0.326 e. The minimum atomic E-state index is -1.57. The van der Waals surface area contributed by atoms with Crippen LogP contribution in [0, 0.1) is 5.92 Å². The van der Waals surface area contributed by atoms with Crippen LogP contribution in [0.5, 0.6) is 0 Å². The van der Waals surface area contributed by atoms with Crippen molar-refractivity contribution < 1.29 is 39.0 Å². The molecule has 0 aliphatic carbocycles. The lowest BCUT2D eigenvalue weighted by atomic mass is 10.0. The van der Waals surface area contributed by atoms with Crippen molar-refractivity contribution in [3.05, 3.63) is 0 Å². The highest BCUT2D eigenvalue weighted by Crippen LogP contribution is 2.06. The Kier molecular flexibility index (Phi) is 14.1. The SMILES string of the molecule is CC(C)C(NC(=O)C(CCC(N)=O)NC(=O)C(CC(=O)O)NC(=O)C(N)CCCCN)C(=O)O. The van der Waals surface area contributed by atoms with Gasteiger partial charge >= 0.3 is 11.9 Å². The number of carbonyl (C=O) groups is 6. The Morgan fingerprint density at radius 2 is 1.38 bits per heavy atom. The third-order valence-corrected chi connectivity index (χ3v) is 4.86. The van der Waals surface area contributed by atoms with Crippen LogP contribution in [-0.2, 0) is 28.8 Å². The molecule has 14 heteroatoms. The molecule has 0 fully saturated rings. The van der Waals surface area contributed by atoms with Gasteiger partial charge in [0.1, 0.15) is 18.1 Å². The summed E-state index contributed by atoms with van der Waals surface area (Å²) in [6.07, 6.45) is 0.0472. The average molecular weight is 489 g/mol. The number of carbonyl (C=O) groups excluding carboxylic acids is 4. The fourth-order valence-corrected chi connectivity index (χ4v) is 2.90. The molecule has 0 aliphatic rings. The van der Waals surface area contributed by atoms with E-state index in [1.165, 1.54) is 0 Å². The third kappa shape index (κ3) is 12.1. The molecule has 4 amide bonds. The molecule has 4 atom stereocenters. The van der Waals surface area contributed by atoms with Crippen LogP contribution < -0.4 is 33.2 Å². The van der Waals surface area contributed by atoms with Gasteiger partial charge in [0, 0.05) is 6.42 Å². The Bertz CT molecular complexity index is 745. The second-order valence-corrected chi connectivity index (χ2v) is 8.18. The zero-order valence-electron chi connectivity index (χ0n) is 19.4. The summed E-state index contributed by atoms with van der Waals surface area (Å²) < 4.78 is 0. The quantitative estimate of drug-likeness (QED) is 0.0988. The number of carboxylic acid groups (broad SMARTS) is 2. The molecule has 14 nitrogen and oxygen atoms in total. The van der Waals surface area contributed by atoms with E-state index in [1.807, 2.05) is 0 Å². The van der Waals surface area contributed by atoms with Crippen molar-refractivity contribution in [2.24, 2.45) is 23.1 Å². The van der Waals surface area contributed by atoms with Crippen LogP contribution in [0.2, 0.25) is 0 Å². The molecule has 0 saturated heterocycles. The topological polar surface area (TPSA) is 257 Å². The van der Waals surface area contributed by atoms with Crippen molar-refractivity contribution in [1.29, 1.82) is 0 Å². The minimum Gasteiger partial charge on any atom is -0.481 e. The van der Waals surface area contributed by atoms with Crippen LogP contribution in [0.4, 0.5) is 0 Å². The minimum absolute atomic E-state index is 0.264. The molecule has 0 aromatic heterocycles. The summed E-state index contributed by atoms with van der Waals surface area (Å²) in [6.45, 7) is 3.53. The fraction of sp³-hybridized carbons (Fsp3) is 0.700. The molecule has 0 aliphatic heterocycles. The second-order valence-electron chi connectivity index (χ2n) is 8.18. The molecule has 11 N–H and O–H groups in total. The van der Waals surface area contributed by atoms with E-state index < -0.39 is 72.1 Å². The number of nitrogens with two attached hydrogens (primary N) is 3. The summed E-state index contributed by atoms with van der Waals surface area (Å²) in [6, 6.07) is -5.27. The maximum absolute atomic E-state index is 12.8. The van der Waals surface area contributed by atoms with E-state index in [-0.39, 0.29) is 19.3 Å². The number of unbranched alkanes of at least 4 members (excludes halogenated alkanes) is 1. The van der Waals surface area contributed by atoms with Gasteiger partial charge in [-0.2, -0.15) is 0 Å². The standard InChI is InChI=1S/C20H36N6O8/c1-10(2)16(20(33)34)26-18(31)12(6-7-14(23)27)24-19(32)13(9-15(28)29)25-17(30)11(22)5-3-4-8-21/h10-13,16H,3-9,21-22H2,1-2H3,(H2,23,27)(H,24,32)(H,25,30)(H,26,31)(H,28,29)(H,33,34). The van der Waals surface area contributed by atoms with Crippen LogP contribution in [0.25, 0.3) is 0 Å². The van der Waals surface area contributed by atoms with Gasteiger partial charge in [0.15, 0.2) is 0 Å². The number of primary amides is 1. The molecule has 0 heterocycles. The average Bonchev–Trinajstić information content (AvgIpc) is 2.72. The first-order chi connectivity index (χ1) is 15.8. The number of amides is 4. The molecule has 0 spiro atoms. The first kappa shape index (κ1) is 30.7. The lowest BCUT2D eigenvalue weighted by Crippen LogP contribution is -2.58. The van der Waals surface area contributed by atoms with E-state index >= 15 is 0 Å². The van der Waals surface area contributed by atoms with Crippen LogP contribution in [0.3, 0.4) is 0 Å². The first-order valence-electron chi connectivity index (χ1n) is 10.9. The number of nitrogens with one attached hydrogen (secondary N) is 3.